The highest BCUT2D eigenvalue weighted by atomic mass is 32.2. The van der Waals surface area contributed by atoms with Gasteiger partial charge in [0.15, 0.2) is 0 Å². The van der Waals surface area contributed by atoms with Gasteiger partial charge in [0, 0.05) is 10.9 Å². The van der Waals surface area contributed by atoms with Gasteiger partial charge in [0.05, 0.1) is 16.0 Å². The summed E-state index contributed by atoms with van der Waals surface area (Å²) < 4.78 is 12.6. The number of fused-ring (bicyclic) bond motifs is 1. The van der Waals surface area contributed by atoms with Gasteiger partial charge in [-0.1, -0.05) is 26.0 Å². The Morgan fingerprint density at radius 2 is 1.89 bits per heavy atom. The third-order valence-electron chi connectivity index (χ3n) is 3.79. The lowest BCUT2D eigenvalue weighted by Crippen LogP contribution is -2.30. The number of benzene rings is 1. The van der Waals surface area contributed by atoms with Crippen LogP contribution in [0.15, 0.2) is 17.0 Å². The van der Waals surface area contributed by atoms with Crippen LogP contribution in [0.1, 0.15) is 49.4 Å². The molecule has 1 heterocycles. The van der Waals surface area contributed by atoms with E-state index in [0.717, 1.165) is 24.3 Å². The molecule has 1 aromatic carbocycles. The van der Waals surface area contributed by atoms with Crippen molar-refractivity contribution in [2.24, 2.45) is 0 Å². The minimum atomic E-state index is -0.853. The van der Waals surface area contributed by atoms with E-state index >= 15 is 0 Å². The first-order valence-corrected chi connectivity index (χ1v) is 8.07. The highest BCUT2D eigenvalue weighted by Gasteiger charge is 2.39. The molecule has 0 saturated carbocycles. The summed E-state index contributed by atoms with van der Waals surface area (Å²) in [7, 11) is -0.853. The fourth-order valence-corrected chi connectivity index (χ4v) is 4.82. The molecule has 0 spiro atoms. The molecule has 3 atom stereocenters. The van der Waals surface area contributed by atoms with E-state index in [1.807, 2.05) is 0 Å². The van der Waals surface area contributed by atoms with Gasteiger partial charge in [0.2, 0.25) is 0 Å². The first-order chi connectivity index (χ1) is 8.61. The second kappa shape index (κ2) is 5.54. The Kier molecular flexibility index (Phi) is 4.23. The molecule has 0 aliphatic carbocycles. The Hall–Kier alpha value is -0.670. The monoisotopic (exact) mass is 265 g/mol. The van der Waals surface area contributed by atoms with Crippen LogP contribution in [0.3, 0.4) is 0 Å². The first kappa shape index (κ1) is 13.8. The normalized spacial score (nSPS) is 26.3. The van der Waals surface area contributed by atoms with E-state index in [-0.39, 0.29) is 11.3 Å². The van der Waals surface area contributed by atoms with Crippen molar-refractivity contribution in [1.29, 1.82) is 0 Å². The second-order valence-electron chi connectivity index (χ2n) is 5.12. The molecule has 0 aromatic heterocycles. The van der Waals surface area contributed by atoms with Gasteiger partial charge in [-0.3, -0.25) is 4.21 Å². The summed E-state index contributed by atoms with van der Waals surface area (Å²) in [6.45, 7) is 9.51. The quantitative estimate of drug-likeness (QED) is 0.905. The highest BCUT2D eigenvalue weighted by Crippen LogP contribution is 2.41. The Labute approximate surface area is 113 Å². The van der Waals surface area contributed by atoms with Crippen molar-refractivity contribution in [2.45, 2.75) is 56.7 Å². The molecule has 2 rings (SSSR count). The van der Waals surface area contributed by atoms with Crippen LogP contribution in [0.2, 0.25) is 0 Å². The topological polar surface area (TPSA) is 29.1 Å². The summed E-state index contributed by atoms with van der Waals surface area (Å²) in [4.78, 5) is 1.09. The molecule has 0 radical (unpaired) electrons. The smallest absolute Gasteiger partial charge is 0.0587 e. The van der Waals surface area contributed by atoms with Crippen molar-refractivity contribution in [3.05, 3.63) is 28.8 Å². The Balaban J connectivity index is 2.49. The van der Waals surface area contributed by atoms with E-state index in [1.165, 1.54) is 16.7 Å². The Morgan fingerprint density at radius 1 is 1.22 bits per heavy atom. The molecular weight excluding hydrogens is 242 g/mol. The molecule has 1 aromatic rings. The van der Waals surface area contributed by atoms with Gasteiger partial charge in [-0.15, -0.1) is 0 Å². The zero-order valence-corrected chi connectivity index (χ0v) is 12.6. The predicted molar refractivity (Wildman–Crippen MR) is 77.4 cm³/mol. The van der Waals surface area contributed by atoms with E-state index in [0.29, 0.717) is 0 Å². The number of aryl methyl sites for hydroxylation is 2. The van der Waals surface area contributed by atoms with Gasteiger partial charge in [-0.2, -0.15) is 0 Å². The van der Waals surface area contributed by atoms with Crippen LogP contribution < -0.4 is 5.32 Å². The zero-order chi connectivity index (χ0) is 13.3. The van der Waals surface area contributed by atoms with Crippen molar-refractivity contribution >= 4 is 10.8 Å². The van der Waals surface area contributed by atoms with Crippen LogP contribution >= 0.6 is 0 Å². The SMILES string of the molecule is CCCNC1c2c(C)ccc(C)c2S(=O)C1CC. The summed E-state index contributed by atoms with van der Waals surface area (Å²) >= 11 is 0. The van der Waals surface area contributed by atoms with Crippen LogP contribution in [-0.4, -0.2) is 16.0 Å². The zero-order valence-electron chi connectivity index (χ0n) is 11.7. The van der Waals surface area contributed by atoms with E-state index in [9.17, 15) is 4.21 Å². The van der Waals surface area contributed by atoms with Gasteiger partial charge in [-0.05, 0) is 49.9 Å². The lowest BCUT2D eigenvalue weighted by molar-refractivity contribution is 0.503. The molecule has 1 aliphatic rings. The standard InChI is InChI=1S/C15H23NOS/c1-5-9-16-14-12(6-2)18(17)15-11(4)8-7-10(3)13(14)15/h7-8,12,14,16H,5-6,9H2,1-4H3. The maximum atomic E-state index is 12.6. The van der Waals surface area contributed by atoms with Crippen LogP contribution in [0.5, 0.6) is 0 Å². The first-order valence-electron chi connectivity index (χ1n) is 6.85. The summed E-state index contributed by atoms with van der Waals surface area (Å²) in [5, 5.41) is 3.82. The molecule has 1 N–H and O–H groups in total. The van der Waals surface area contributed by atoms with E-state index in [1.54, 1.807) is 0 Å². The van der Waals surface area contributed by atoms with Crippen LogP contribution in [-0.2, 0) is 10.8 Å². The van der Waals surface area contributed by atoms with Crippen molar-refractivity contribution < 1.29 is 4.21 Å². The molecule has 100 valence electrons. The van der Waals surface area contributed by atoms with Crippen LogP contribution in [0, 0.1) is 13.8 Å². The average molecular weight is 265 g/mol. The minimum Gasteiger partial charge on any atom is -0.309 e. The van der Waals surface area contributed by atoms with E-state index < -0.39 is 10.8 Å². The molecular formula is C15H23NOS. The van der Waals surface area contributed by atoms with Gasteiger partial charge in [0.25, 0.3) is 0 Å². The Morgan fingerprint density at radius 3 is 2.50 bits per heavy atom. The summed E-state index contributed by atoms with van der Waals surface area (Å²) in [6.07, 6.45) is 2.07. The predicted octanol–water partition coefficient (Wildman–Crippen LogP) is 3.24. The largest absolute Gasteiger partial charge is 0.309 e. The molecule has 0 fully saturated rings. The van der Waals surface area contributed by atoms with Gasteiger partial charge in [-0.25, -0.2) is 0 Å². The number of rotatable bonds is 4. The fourth-order valence-electron chi connectivity index (χ4n) is 2.84. The van der Waals surface area contributed by atoms with E-state index in [2.05, 4.69) is 45.1 Å². The van der Waals surface area contributed by atoms with Crippen LogP contribution in [0.4, 0.5) is 0 Å². The Bertz CT molecular complexity index is 470. The fraction of sp³-hybridized carbons (Fsp3) is 0.600. The summed E-state index contributed by atoms with van der Waals surface area (Å²) in [5.41, 5.74) is 3.75. The molecule has 3 heteroatoms. The number of nitrogens with one attached hydrogen (secondary N) is 1. The van der Waals surface area contributed by atoms with Gasteiger partial charge < -0.3 is 5.32 Å². The number of hydrogen-bond acceptors (Lipinski definition) is 2. The van der Waals surface area contributed by atoms with Crippen molar-refractivity contribution in [3.8, 4) is 0 Å². The third-order valence-corrected chi connectivity index (χ3v) is 5.89. The van der Waals surface area contributed by atoms with Gasteiger partial charge in [0.1, 0.15) is 0 Å². The van der Waals surface area contributed by atoms with Crippen molar-refractivity contribution in [3.63, 3.8) is 0 Å². The molecule has 1 aliphatic heterocycles. The molecule has 0 amide bonds. The molecule has 18 heavy (non-hydrogen) atoms. The lowest BCUT2D eigenvalue weighted by atomic mass is 9.96. The lowest BCUT2D eigenvalue weighted by Gasteiger charge is -2.20. The minimum absolute atomic E-state index is 0.228. The van der Waals surface area contributed by atoms with Crippen molar-refractivity contribution in [2.75, 3.05) is 6.54 Å². The summed E-state index contributed by atoms with van der Waals surface area (Å²) in [6, 6.07) is 4.52. The molecule has 0 saturated heterocycles. The van der Waals surface area contributed by atoms with Crippen LogP contribution in [0.25, 0.3) is 0 Å². The molecule has 3 unspecified atom stereocenters. The number of hydrogen-bond donors (Lipinski definition) is 1. The third kappa shape index (κ3) is 2.14. The summed E-state index contributed by atoms with van der Waals surface area (Å²) in [5.74, 6) is 0. The van der Waals surface area contributed by atoms with E-state index in [4.69, 9.17) is 0 Å². The maximum Gasteiger partial charge on any atom is 0.0587 e. The maximum absolute atomic E-state index is 12.6. The van der Waals surface area contributed by atoms with Crippen molar-refractivity contribution in [1.82, 2.24) is 5.32 Å². The highest BCUT2D eigenvalue weighted by molar-refractivity contribution is 7.86. The molecule has 2 nitrogen and oxygen atoms in total. The van der Waals surface area contributed by atoms with Gasteiger partial charge >= 0.3 is 0 Å². The molecule has 0 bridgehead atoms. The average Bonchev–Trinajstić information content (AvgIpc) is 2.65. The second-order valence-corrected chi connectivity index (χ2v) is 6.73.